The van der Waals surface area contributed by atoms with E-state index in [-0.39, 0.29) is 12.0 Å². The fraction of sp³-hybridized carbons (Fsp3) is 0.333. The molecule has 2 N–H and O–H groups in total. The first-order chi connectivity index (χ1) is 6.16. The highest BCUT2D eigenvalue weighted by atomic mass is 19.1. The Bertz CT molecular complexity index is 268. The Balaban J connectivity index is 2.98. The van der Waals surface area contributed by atoms with Crippen molar-refractivity contribution < 1.29 is 13.2 Å². The summed E-state index contributed by atoms with van der Waals surface area (Å²) in [5.41, 5.74) is 5.15. The topological polar surface area (TPSA) is 26.0 Å². The molecular formula is C9H10F3N. The quantitative estimate of drug-likeness (QED) is 0.775. The zero-order chi connectivity index (χ0) is 9.84. The maximum Gasteiger partial charge on any atom is 0.130 e. The van der Waals surface area contributed by atoms with E-state index < -0.39 is 24.4 Å². The lowest BCUT2D eigenvalue weighted by molar-refractivity contribution is 0.425. The van der Waals surface area contributed by atoms with E-state index in [9.17, 15) is 13.2 Å². The highest BCUT2D eigenvalue weighted by molar-refractivity contribution is 5.22. The summed E-state index contributed by atoms with van der Waals surface area (Å²) in [5, 5.41) is 0. The van der Waals surface area contributed by atoms with Crippen LogP contribution in [0.25, 0.3) is 0 Å². The molecule has 0 radical (unpaired) electrons. The third-order valence-electron chi connectivity index (χ3n) is 1.79. The fourth-order valence-electron chi connectivity index (χ4n) is 1.13. The Morgan fingerprint density at radius 3 is 2.23 bits per heavy atom. The molecule has 0 aliphatic heterocycles. The van der Waals surface area contributed by atoms with Gasteiger partial charge in [0.25, 0.3) is 0 Å². The van der Waals surface area contributed by atoms with Gasteiger partial charge in [0, 0.05) is 11.6 Å². The molecule has 0 aliphatic rings. The highest BCUT2D eigenvalue weighted by Crippen LogP contribution is 2.20. The number of rotatable bonds is 3. The summed E-state index contributed by atoms with van der Waals surface area (Å²) < 4.78 is 37.8. The lowest BCUT2D eigenvalue weighted by Crippen LogP contribution is -2.14. The maximum atomic E-state index is 13.0. The van der Waals surface area contributed by atoms with E-state index in [0.717, 1.165) is 12.1 Å². The summed E-state index contributed by atoms with van der Waals surface area (Å²) in [4.78, 5) is 0. The third kappa shape index (κ3) is 2.21. The number of hydrogen-bond donors (Lipinski definition) is 1. The van der Waals surface area contributed by atoms with E-state index in [1.807, 2.05) is 0 Å². The second kappa shape index (κ2) is 4.28. The Morgan fingerprint density at radius 2 is 1.77 bits per heavy atom. The molecule has 0 fully saturated rings. The van der Waals surface area contributed by atoms with Crippen molar-refractivity contribution in [2.75, 3.05) is 6.67 Å². The Labute approximate surface area is 74.4 Å². The first-order valence-corrected chi connectivity index (χ1v) is 3.92. The molecule has 0 aliphatic carbocycles. The molecule has 4 heteroatoms. The van der Waals surface area contributed by atoms with Gasteiger partial charge in [-0.1, -0.05) is 6.07 Å². The predicted octanol–water partition coefficient (Wildman–Crippen LogP) is 2.32. The van der Waals surface area contributed by atoms with Crippen molar-refractivity contribution in [2.24, 2.45) is 5.73 Å². The molecule has 1 rings (SSSR count). The summed E-state index contributed by atoms with van der Waals surface area (Å²) in [6.07, 6.45) is -0.0716. The van der Waals surface area contributed by atoms with E-state index in [1.165, 1.54) is 6.07 Å². The van der Waals surface area contributed by atoms with Crippen LogP contribution < -0.4 is 5.73 Å². The highest BCUT2D eigenvalue weighted by Gasteiger charge is 2.15. The molecule has 1 atom stereocenters. The second-order valence-electron chi connectivity index (χ2n) is 2.72. The van der Waals surface area contributed by atoms with E-state index in [1.54, 1.807) is 0 Å². The molecule has 0 amide bonds. The maximum absolute atomic E-state index is 13.0. The van der Waals surface area contributed by atoms with Crippen LogP contribution in [0.5, 0.6) is 0 Å². The van der Waals surface area contributed by atoms with Gasteiger partial charge < -0.3 is 5.73 Å². The van der Waals surface area contributed by atoms with Crippen molar-refractivity contribution in [3.8, 4) is 0 Å². The predicted molar refractivity (Wildman–Crippen MR) is 43.9 cm³/mol. The van der Waals surface area contributed by atoms with Gasteiger partial charge in [-0.2, -0.15) is 0 Å². The Morgan fingerprint density at radius 1 is 1.23 bits per heavy atom. The molecule has 13 heavy (non-hydrogen) atoms. The SMILES string of the molecule is N[C@H](CCF)c1c(F)cccc1F. The van der Waals surface area contributed by atoms with Crippen molar-refractivity contribution in [1.82, 2.24) is 0 Å². The lowest BCUT2D eigenvalue weighted by Gasteiger charge is -2.11. The van der Waals surface area contributed by atoms with Crippen LogP contribution in [0.4, 0.5) is 13.2 Å². The minimum absolute atomic E-state index is 0.0716. The van der Waals surface area contributed by atoms with Crippen LogP contribution in [-0.2, 0) is 0 Å². The summed E-state index contributed by atoms with van der Waals surface area (Å²) in [5.74, 6) is -1.44. The number of halogens is 3. The van der Waals surface area contributed by atoms with Gasteiger partial charge in [-0.15, -0.1) is 0 Å². The molecule has 1 nitrogen and oxygen atoms in total. The minimum atomic E-state index is -0.911. The first kappa shape index (κ1) is 10.1. The molecule has 1 aromatic rings. The first-order valence-electron chi connectivity index (χ1n) is 3.92. The zero-order valence-corrected chi connectivity index (χ0v) is 6.93. The zero-order valence-electron chi connectivity index (χ0n) is 6.93. The molecule has 0 unspecified atom stereocenters. The molecule has 0 saturated carbocycles. The molecular weight excluding hydrogens is 179 g/mol. The van der Waals surface area contributed by atoms with Crippen molar-refractivity contribution in [1.29, 1.82) is 0 Å². The fourth-order valence-corrected chi connectivity index (χ4v) is 1.13. The van der Waals surface area contributed by atoms with Gasteiger partial charge in [0.05, 0.1) is 6.67 Å². The van der Waals surface area contributed by atoms with Gasteiger partial charge in [0.2, 0.25) is 0 Å². The number of benzene rings is 1. The average molecular weight is 189 g/mol. The summed E-state index contributed by atoms with van der Waals surface area (Å²) in [6.45, 7) is -0.686. The Hall–Kier alpha value is -1.03. The van der Waals surface area contributed by atoms with Crippen LogP contribution in [-0.4, -0.2) is 6.67 Å². The van der Waals surface area contributed by atoms with Gasteiger partial charge >= 0.3 is 0 Å². The van der Waals surface area contributed by atoms with E-state index >= 15 is 0 Å². The van der Waals surface area contributed by atoms with Crippen molar-refractivity contribution >= 4 is 0 Å². The summed E-state index contributed by atoms with van der Waals surface area (Å²) in [6, 6.07) is 2.55. The smallest absolute Gasteiger partial charge is 0.130 e. The van der Waals surface area contributed by atoms with Crippen LogP contribution in [0.1, 0.15) is 18.0 Å². The molecule has 0 heterocycles. The van der Waals surface area contributed by atoms with Crippen LogP contribution in [0.15, 0.2) is 18.2 Å². The molecule has 0 bridgehead atoms. The van der Waals surface area contributed by atoms with Crippen LogP contribution in [0.2, 0.25) is 0 Å². The normalized spacial score (nSPS) is 12.9. The molecule has 0 spiro atoms. The Kier molecular flexibility index (Phi) is 3.31. The van der Waals surface area contributed by atoms with Gasteiger partial charge in [0.15, 0.2) is 0 Å². The largest absolute Gasteiger partial charge is 0.324 e. The average Bonchev–Trinajstić information content (AvgIpc) is 2.04. The summed E-state index contributed by atoms with van der Waals surface area (Å²) >= 11 is 0. The van der Waals surface area contributed by atoms with Crippen molar-refractivity contribution in [3.63, 3.8) is 0 Å². The van der Waals surface area contributed by atoms with Crippen LogP contribution >= 0.6 is 0 Å². The lowest BCUT2D eigenvalue weighted by atomic mass is 10.0. The number of alkyl halides is 1. The minimum Gasteiger partial charge on any atom is -0.324 e. The van der Waals surface area contributed by atoms with Gasteiger partial charge in [-0.05, 0) is 18.6 Å². The molecule has 0 aromatic heterocycles. The van der Waals surface area contributed by atoms with E-state index in [0.29, 0.717) is 0 Å². The summed E-state index contributed by atoms with van der Waals surface area (Å²) in [7, 11) is 0. The van der Waals surface area contributed by atoms with Crippen molar-refractivity contribution in [2.45, 2.75) is 12.5 Å². The van der Waals surface area contributed by atoms with Gasteiger partial charge in [0.1, 0.15) is 11.6 Å². The van der Waals surface area contributed by atoms with E-state index in [2.05, 4.69) is 0 Å². The molecule has 72 valence electrons. The van der Waals surface area contributed by atoms with Crippen LogP contribution in [0.3, 0.4) is 0 Å². The van der Waals surface area contributed by atoms with E-state index in [4.69, 9.17) is 5.73 Å². The third-order valence-corrected chi connectivity index (χ3v) is 1.79. The molecule has 1 aromatic carbocycles. The standard InChI is InChI=1S/C9H10F3N/c10-5-4-8(13)9-6(11)2-1-3-7(9)12/h1-3,8H,4-5,13H2/t8-/m1/s1. The van der Waals surface area contributed by atoms with Gasteiger partial charge in [-0.3, -0.25) is 4.39 Å². The monoisotopic (exact) mass is 189 g/mol. The molecule has 0 saturated heterocycles. The van der Waals surface area contributed by atoms with Crippen LogP contribution in [0, 0.1) is 11.6 Å². The second-order valence-corrected chi connectivity index (χ2v) is 2.72. The van der Waals surface area contributed by atoms with Crippen molar-refractivity contribution in [3.05, 3.63) is 35.4 Å². The van der Waals surface area contributed by atoms with Gasteiger partial charge in [-0.25, -0.2) is 8.78 Å². The number of nitrogens with two attached hydrogens (primary N) is 1. The number of hydrogen-bond acceptors (Lipinski definition) is 1.